The van der Waals surface area contributed by atoms with Crippen LogP contribution in [0.25, 0.3) is 11.6 Å². The van der Waals surface area contributed by atoms with Gasteiger partial charge >= 0.3 is 0 Å². The van der Waals surface area contributed by atoms with Gasteiger partial charge in [0.05, 0.1) is 16.9 Å². The van der Waals surface area contributed by atoms with E-state index < -0.39 is 5.82 Å². The molecule has 2 amide bonds. The lowest BCUT2D eigenvalue weighted by Gasteiger charge is -2.11. The zero-order valence-corrected chi connectivity index (χ0v) is 19.9. The molecule has 0 aliphatic carbocycles. The Hall–Kier alpha value is -4.23. The lowest BCUT2D eigenvalue weighted by molar-refractivity contribution is -0.115. The topological polar surface area (TPSA) is 84.2 Å². The van der Waals surface area contributed by atoms with Crippen LogP contribution >= 0.6 is 11.3 Å². The summed E-state index contributed by atoms with van der Waals surface area (Å²) in [5.41, 5.74) is 9.74. The van der Waals surface area contributed by atoms with Crippen LogP contribution < -0.4 is 16.4 Å². The second-order valence-electron chi connectivity index (χ2n) is 7.99. The predicted molar refractivity (Wildman–Crippen MR) is 140 cm³/mol. The van der Waals surface area contributed by atoms with E-state index in [2.05, 4.69) is 10.6 Å². The van der Waals surface area contributed by atoms with Crippen molar-refractivity contribution >= 4 is 46.2 Å². The molecule has 0 saturated heterocycles. The number of hydrogen-bond donors (Lipinski definition) is 3. The van der Waals surface area contributed by atoms with Crippen molar-refractivity contribution in [1.29, 1.82) is 0 Å². The molecule has 4 N–H and O–H groups in total. The van der Waals surface area contributed by atoms with Gasteiger partial charge in [-0.2, -0.15) is 0 Å². The molecule has 1 heterocycles. The average molecular weight is 486 g/mol. The molecule has 0 atom stereocenters. The molecule has 4 rings (SSSR count). The van der Waals surface area contributed by atoms with E-state index in [0.29, 0.717) is 16.9 Å². The molecule has 1 aromatic heterocycles. The minimum Gasteiger partial charge on any atom is -0.397 e. The highest BCUT2D eigenvalue weighted by Crippen LogP contribution is 2.25. The molecule has 0 fully saturated rings. The van der Waals surface area contributed by atoms with E-state index in [1.807, 2.05) is 18.4 Å². The minimum atomic E-state index is -0.461. The number of carbonyl (C=O) groups excluding carboxylic acids is 2. The van der Waals surface area contributed by atoms with Gasteiger partial charge in [0.2, 0.25) is 0 Å². The van der Waals surface area contributed by atoms with E-state index >= 15 is 0 Å². The summed E-state index contributed by atoms with van der Waals surface area (Å²) in [5.74, 6) is -1.13. The minimum absolute atomic E-state index is 0.224. The summed E-state index contributed by atoms with van der Waals surface area (Å²) >= 11 is 1.49. The first-order valence-electron chi connectivity index (χ1n) is 11.0. The number of nitrogens with one attached hydrogen (secondary N) is 2. The lowest BCUT2D eigenvalue weighted by Crippen LogP contribution is -2.24. The van der Waals surface area contributed by atoms with E-state index in [0.717, 1.165) is 16.0 Å². The molecule has 7 heteroatoms. The Kier molecular flexibility index (Phi) is 7.38. The van der Waals surface area contributed by atoms with Gasteiger partial charge in [-0.25, -0.2) is 4.39 Å². The van der Waals surface area contributed by atoms with E-state index in [1.54, 1.807) is 72.8 Å². The van der Waals surface area contributed by atoms with Gasteiger partial charge in [0.1, 0.15) is 5.82 Å². The van der Waals surface area contributed by atoms with Gasteiger partial charge in [0, 0.05) is 22.5 Å². The van der Waals surface area contributed by atoms with Gasteiger partial charge in [-0.3, -0.25) is 9.59 Å². The summed E-state index contributed by atoms with van der Waals surface area (Å²) in [5, 5.41) is 7.62. The number of nitrogen functional groups attached to an aromatic ring is 1. The quantitative estimate of drug-likeness (QED) is 0.226. The first-order valence-corrected chi connectivity index (χ1v) is 11.8. The number of carbonyl (C=O) groups is 2. The van der Waals surface area contributed by atoms with Gasteiger partial charge in [-0.05, 0) is 65.9 Å². The second kappa shape index (κ2) is 10.8. The van der Waals surface area contributed by atoms with Crippen LogP contribution in [0.2, 0.25) is 0 Å². The highest BCUT2D eigenvalue weighted by molar-refractivity contribution is 7.11. The summed E-state index contributed by atoms with van der Waals surface area (Å²) in [6.07, 6.45) is 1.70. The normalized spacial score (nSPS) is 11.2. The van der Waals surface area contributed by atoms with Crippen molar-refractivity contribution in [3.05, 3.63) is 117 Å². The third-order valence-corrected chi connectivity index (χ3v) is 6.32. The van der Waals surface area contributed by atoms with Crippen LogP contribution in [0.15, 0.2) is 84.2 Å². The van der Waals surface area contributed by atoms with Crippen LogP contribution in [0.3, 0.4) is 0 Å². The summed E-state index contributed by atoms with van der Waals surface area (Å²) < 4.78 is 14.5. The second-order valence-corrected chi connectivity index (χ2v) is 8.93. The fourth-order valence-corrected chi connectivity index (χ4v) is 4.30. The highest BCUT2D eigenvalue weighted by Gasteiger charge is 2.16. The smallest absolute Gasteiger partial charge is 0.255 e. The number of nitrogens with two attached hydrogens (primary N) is 1. The average Bonchev–Trinajstić information content (AvgIpc) is 3.28. The van der Waals surface area contributed by atoms with Crippen LogP contribution in [0.5, 0.6) is 0 Å². The summed E-state index contributed by atoms with van der Waals surface area (Å²) in [6, 6.07) is 22.1. The van der Waals surface area contributed by atoms with Crippen molar-refractivity contribution in [1.82, 2.24) is 5.32 Å². The van der Waals surface area contributed by atoms with Gasteiger partial charge in [-0.1, -0.05) is 42.5 Å². The maximum Gasteiger partial charge on any atom is 0.255 e. The maximum atomic E-state index is 14.5. The van der Waals surface area contributed by atoms with E-state index in [4.69, 9.17) is 5.73 Å². The Morgan fingerprint density at radius 3 is 2.40 bits per heavy atom. The fourth-order valence-electron chi connectivity index (χ4n) is 3.47. The molecule has 0 aliphatic rings. The number of rotatable bonds is 7. The fraction of sp³-hybridized carbons (Fsp3) is 0.0714. The van der Waals surface area contributed by atoms with Crippen molar-refractivity contribution in [2.45, 2.75) is 13.5 Å². The van der Waals surface area contributed by atoms with Gasteiger partial charge in [0.15, 0.2) is 0 Å². The zero-order valence-electron chi connectivity index (χ0n) is 19.0. The van der Waals surface area contributed by atoms with Crippen LogP contribution in [-0.2, 0) is 11.3 Å². The third kappa shape index (κ3) is 6.02. The Bertz CT molecular complexity index is 1390. The molecule has 0 saturated carbocycles. The van der Waals surface area contributed by atoms with Gasteiger partial charge in [0.25, 0.3) is 11.8 Å². The van der Waals surface area contributed by atoms with Crippen molar-refractivity contribution in [3.63, 3.8) is 0 Å². The molecule has 35 heavy (non-hydrogen) atoms. The third-order valence-electron chi connectivity index (χ3n) is 5.32. The number of thiophene rings is 1. The molecular formula is C28H24FN3O2S. The van der Waals surface area contributed by atoms with Crippen molar-refractivity contribution in [2.75, 3.05) is 11.1 Å². The Balaban J connectivity index is 1.46. The Morgan fingerprint density at radius 2 is 1.71 bits per heavy atom. The zero-order chi connectivity index (χ0) is 24.8. The molecule has 0 radical (unpaired) electrons. The van der Waals surface area contributed by atoms with E-state index in [9.17, 15) is 14.0 Å². The molecule has 0 unspecified atom stereocenters. The summed E-state index contributed by atoms with van der Waals surface area (Å²) in [4.78, 5) is 26.5. The number of para-hydroxylation sites is 2. The molecular weight excluding hydrogens is 461 g/mol. The Morgan fingerprint density at radius 1 is 1.00 bits per heavy atom. The summed E-state index contributed by atoms with van der Waals surface area (Å²) in [7, 11) is 0. The van der Waals surface area contributed by atoms with E-state index in [1.165, 1.54) is 17.4 Å². The summed E-state index contributed by atoms with van der Waals surface area (Å²) in [6.45, 7) is 2.19. The first-order chi connectivity index (χ1) is 16.9. The lowest BCUT2D eigenvalue weighted by atomic mass is 10.0. The van der Waals surface area contributed by atoms with Crippen molar-refractivity contribution in [2.24, 2.45) is 0 Å². The van der Waals surface area contributed by atoms with E-state index in [-0.39, 0.29) is 29.5 Å². The van der Waals surface area contributed by atoms with Crippen molar-refractivity contribution < 1.29 is 14.0 Å². The van der Waals surface area contributed by atoms with Crippen LogP contribution in [-0.4, -0.2) is 11.8 Å². The monoisotopic (exact) mass is 485 g/mol. The first kappa shape index (κ1) is 23.9. The SMILES string of the molecule is Cc1csc(C=C(C(=O)NCc2ccc(C(=O)Nc3ccccc3N)cc2)c2ccccc2F)c1. The molecule has 4 aromatic rings. The molecule has 3 aromatic carbocycles. The van der Waals surface area contributed by atoms with Crippen molar-refractivity contribution in [3.8, 4) is 0 Å². The number of aryl methyl sites for hydroxylation is 1. The van der Waals surface area contributed by atoms with Crippen LogP contribution in [0, 0.1) is 12.7 Å². The number of hydrogen-bond acceptors (Lipinski definition) is 4. The Labute approximate surface area is 207 Å². The number of benzene rings is 3. The highest BCUT2D eigenvalue weighted by atomic mass is 32.1. The molecule has 0 aliphatic heterocycles. The standard InChI is InChI=1S/C28H24FN3O2S/c1-18-14-21(35-17-18)15-23(22-6-2-3-7-24(22)29)28(34)31-16-19-10-12-20(13-11-19)27(33)32-26-9-5-4-8-25(26)30/h2-15,17H,16,30H2,1H3,(H,31,34)(H,32,33). The van der Waals surface area contributed by atoms with Crippen LogP contribution in [0.1, 0.15) is 31.9 Å². The maximum absolute atomic E-state index is 14.5. The molecule has 0 spiro atoms. The van der Waals surface area contributed by atoms with Gasteiger partial charge < -0.3 is 16.4 Å². The van der Waals surface area contributed by atoms with Crippen LogP contribution in [0.4, 0.5) is 15.8 Å². The molecule has 0 bridgehead atoms. The largest absolute Gasteiger partial charge is 0.397 e. The number of anilines is 2. The molecule has 176 valence electrons. The predicted octanol–water partition coefficient (Wildman–Crippen LogP) is 5.89. The number of amides is 2. The number of halogens is 1. The van der Waals surface area contributed by atoms with Gasteiger partial charge in [-0.15, -0.1) is 11.3 Å². The molecule has 5 nitrogen and oxygen atoms in total.